The van der Waals surface area contributed by atoms with Gasteiger partial charge in [-0.15, -0.1) is 0 Å². The smallest absolute Gasteiger partial charge is 0.0561 e. The van der Waals surface area contributed by atoms with Gasteiger partial charge in [0.25, 0.3) is 0 Å². The van der Waals surface area contributed by atoms with Crippen molar-refractivity contribution in [1.29, 1.82) is 0 Å². The van der Waals surface area contributed by atoms with E-state index < -0.39 is 0 Å². The summed E-state index contributed by atoms with van der Waals surface area (Å²) in [5.41, 5.74) is 0. The van der Waals surface area contributed by atoms with E-state index >= 15 is 0 Å². The summed E-state index contributed by atoms with van der Waals surface area (Å²) in [6.45, 7) is 5.57. The van der Waals surface area contributed by atoms with Crippen molar-refractivity contribution in [1.82, 2.24) is 5.32 Å². The van der Waals surface area contributed by atoms with Gasteiger partial charge in [-0.25, -0.2) is 0 Å². The van der Waals surface area contributed by atoms with Crippen LogP contribution in [-0.4, -0.2) is 24.8 Å². The van der Waals surface area contributed by atoms with Crippen molar-refractivity contribution in [3.8, 4) is 0 Å². The van der Waals surface area contributed by atoms with Gasteiger partial charge in [-0.2, -0.15) is 0 Å². The van der Waals surface area contributed by atoms with Crippen molar-refractivity contribution >= 4 is 0 Å². The zero-order chi connectivity index (χ0) is 11.4. The molecule has 0 spiro atoms. The summed E-state index contributed by atoms with van der Waals surface area (Å²) in [7, 11) is 0. The fourth-order valence-electron chi connectivity index (χ4n) is 3.19. The van der Waals surface area contributed by atoms with Crippen molar-refractivity contribution < 1.29 is 4.74 Å². The third-order valence-corrected chi connectivity index (χ3v) is 4.30. The number of rotatable bonds is 2. The van der Waals surface area contributed by atoms with Crippen LogP contribution >= 0.6 is 0 Å². The molecule has 2 aliphatic rings. The lowest BCUT2D eigenvalue weighted by Crippen LogP contribution is -2.45. The molecule has 16 heavy (non-hydrogen) atoms. The Bertz CT molecular complexity index is 207. The summed E-state index contributed by atoms with van der Waals surface area (Å²) in [5, 5.41) is 3.90. The van der Waals surface area contributed by atoms with Gasteiger partial charge in [-0.3, -0.25) is 0 Å². The minimum absolute atomic E-state index is 0.451. The molecule has 1 N–H and O–H groups in total. The molecule has 1 heterocycles. The third-order valence-electron chi connectivity index (χ3n) is 4.30. The predicted octanol–water partition coefficient (Wildman–Crippen LogP) is 3.11. The molecule has 94 valence electrons. The predicted molar refractivity (Wildman–Crippen MR) is 67.6 cm³/mol. The highest BCUT2D eigenvalue weighted by Gasteiger charge is 2.25. The van der Waals surface area contributed by atoms with Crippen molar-refractivity contribution in [2.45, 2.75) is 77.0 Å². The van der Waals surface area contributed by atoms with Crippen LogP contribution in [0.4, 0.5) is 0 Å². The van der Waals surface area contributed by atoms with Crippen molar-refractivity contribution in [2.24, 2.45) is 5.92 Å². The Balaban J connectivity index is 1.82. The topological polar surface area (TPSA) is 21.3 Å². The molecule has 4 unspecified atom stereocenters. The minimum Gasteiger partial charge on any atom is -0.378 e. The van der Waals surface area contributed by atoms with Crippen LogP contribution in [0.15, 0.2) is 0 Å². The van der Waals surface area contributed by atoms with Crippen molar-refractivity contribution in [2.75, 3.05) is 6.61 Å². The van der Waals surface area contributed by atoms with Crippen LogP contribution in [0.5, 0.6) is 0 Å². The number of hydrogen-bond donors (Lipinski definition) is 1. The fourth-order valence-corrected chi connectivity index (χ4v) is 3.19. The molecule has 2 fully saturated rings. The van der Waals surface area contributed by atoms with E-state index in [0.717, 1.165) is 18.6 Å². The standard InChI is InChI=1S/C14H27NO/c1-11-6-4-3-5-7-14(11)15-13-8-9-16-12(2)10-13/h11-15H,3-10H2,1-2H3. The van der Waals surface area contributed by atoms with E-state index in [1.807, 2.05) is 0 Å². The Labute approximate surface area is 100 Å². The van der Waals surface area contributed by atoms with Crippen molar-refractivity contribution in [3.63, 3.8) is 0 Å². The van der Waals surface area contributed by atoms with Gasteiger partial charge in [0.15, 0.2) is 0 Å². The van der Waals surface area contributed by atoms with Crippen LogP contribution < -0.4 is 5.32 Å². The summed E-state index contributed by atoms with van der Waals surface area (Å²) in [6, 6.07) is 1.46. The Kier molecular flexibility index (Phi) is 4.66. The Hall–Kier alpha value is -0.0800. The first kappa shape index (κ1) is 12.4. The highest BCUT2D eigenvalue weighted by Crippen LogP contribution is 2.25. The molecular formula is C14H27NO. The van der Waals surface area contributed by atoms with E-state index in [0.29, 0.717) is 12.1 Å². The molecule has 0 bridgehead atoms. The second-order valence-corrected chi connectivity index (χ2v) is 5.79. The summed E-state index contributed by atoms with van der Waals surface area (Å²) < 4.78 is 5.61. The van der Waals surface area contributed by atoms with E-state index in [1.165, 1.54) is 44.9 Å². The van der Waals surface area contributed by atoms with Crippen LogP contribution in [0, 0.1) is 5.92 Å². The van der Waals surface area contributed by atoms with Crippen LogP contribution in [0.1, 0.15) is 58.8 Å². The molecule has 1 saturated heterocycles. The minimum atomic E-state index is 0.451. The summed E-state index contributed by atoms with van der Waals surface area (Å²) in [6.07, 6.45) is 9.93. The van der Waals surface area contributed by atoms with E-state index in [1.54, 1.807) is 0 Å². The summed E-state index contributed by atoms with van der Waals surface area (Å²) in [4.78, 5) is 0. The SMILES string of the molecule is CC1CC(NC2CCCCCC2C)CCO1. The Morgan fingerprint density at radius 2 is 1.81 bits per heavy atom. The molecule has 0 aromatic rings. The van der Waals surface area contributed by atoms with Crippen LogP contribution in [0.2, 0.25) is 0 Å². The zero-order valence-corrected chi connectivity index (χ0v) is 10.9. The van der Waals surface area contributed by atoms with Gasteiger partial charge in [-0.05, 0) is 38.5 Å². The summed E-state index contributed by atoms with van der Waals surface area (Å²) >= 11 is 0. The monoisotopic (exact) mass is 225 g/mol. The second kappa shape index (κ2) is 6.02. The van der Waals surface area contributed by atoms with Crippen LogP contribution in [-0.2, 0) is 4.74 Å². The number of ether oxygens (including phenoxy) is 1. The van der Waals surface area contributed by atoms with Gasteiger partial charge < -0.3 is 10.1 Å². The first-order chi connectivity index (χ1) is 7.75. The lowest BCUT2D eigenvalue weighted by molar-refractivity contribution is 0.00970. The zero-order valence-electron chi connectivity index (χ0n) is 10.9. The van der Waals surface area contributed by atoms with Crippen molar-refractivity contribution in [3.05, 3.63) is 0 Å². The molecule has 0 radical (unpaired) electrons. The van der Waals surface area contributed by atoms with Gasteiger partial charge in [0.1, 0.15) is 0 Å². The van der Waals surface area contributed by atoms with E-state index in [-0.39, 0.29) is 0 Å². The normalized spacial score (nSPS) is 41.6. The third kappa shape index (κ3) is 3.46. The van der Waals surface area contributed by atoms with Crippen LogP contribution in [0.25, 0.3) is 0 Å². The van der Waals surface area contributed by atoms with Gasteiger partial charge in [0.05, 0.1) is 6.10 Å². The molecule has 0 amide bonds. The largest absolute Gasteiger partial charge is 0.378 e. The Morgan fingerprint density at radius 1 is 1.00 bits per heavy atom. The van der Waals surface area contributed by atoms with Crippen LogP contribution in [0.3, 0.4) is 0 Å². The maximum atomic E-state index is 5.61. The Morgan fingerprint density at radius 3 is 2.62 bits per heavy atom. The number of nitrogens with one attached hydrogen (secondary N) is 1. The molecule has 0 aromatic carbocycles. The molecule has 2 nitrogen and oxygen atoms in total. The molecule has 1 aliphatic carbocycles. The van der Waals surface area contributed by atoms with Gasteiger partial charge >= 0.3 is 0 Å². The highest BCUT2D eigenvalue weighted by atomic mass is 16.5. The lowest BCUT2D eigenvalue weighted by atomic mass is 9.94. The van der Waals surface area contributed by atoms with Gasteiger partial charge in [-0.1, -0.05) is 26.2 Å². The van der Waals surface area contributed by atoms with E-state index in [9.17, 15) is 0 Å². The van der Waals surface area contributed by atoms with E-state index in [4.69, 9.17) is 4.74 Å². The number of hydrogen-bond acceptors (Lipinski definition) is 2. The molecular weight excluding hydrogens is 198 g/mol. The molecule has 2 rings (SSSR count). The average Bonchev–Trinajstić information content (AvgIpc) is 2.45. The second-order valence-electron chi connectivity index (χ2n) is 5.79. The maximum Gasteiger partial charge on any atom is 0.0561 e. The van der Waals surface area contributed by atoms with Gasteiger partial charge in [0, 0.05) is 18.7 Å². The quantitative estimate of drug-likeness (QED) is 0.729. The average molecular weight is 225 g/mol. The van der Waals surface area contributed by atoms with E-state index in [2.05, 4.69) is 19.2 Å². The molecule has 4 atom stereocenters. The lowest BCUT2D eigenvalue weighted by Gasteiger charge is -2.33. The highest BCUT2D eigenvalue weighted by molar-refractivity contribution is 4.83. The first-order valence-electron chi connectivity index (χ1n) is 7.13. The molecule has 2 heteroatoms. The molecule has 1 aliphatic heterocycles. The molecule has 1 saturated carbocycles. The fraction of sp³-hybridized carbons (Fsp3) is 1.00. The summed E-state index contributed by atoms with van der Waals surface area (Å²) in [5.74, 6) is 0.862. The van der Waals surface area contributed by atoms with Gasteiger partial charge in [0.2, 0.25) is 0 Å². The molecule has 0 aromatic heterocycles. The maximum absolute atomic E-state index is 5.61. The first-order valence-corrected chi connectivity index (χ1v) is 7.13.